The Morgan fingerprint density at radius 2 is 1.68 bits per heavy atom. The molecule has 1 N–H and O–H groups in total. The second-order valence-corrected chi connectivity index (χ2v) is 9.12. The summed E-state index contributed by atoms with van der Waals surface area (Å²) >= 11 is 0. The van der Waals surface area contributed by atoms with E-state index in [-0.39, 0.29) is 10.7 Å². The lowest BCUT2D eigenvalue weighted by Crippen LogP contribution is -2.42. The Morgan fingerprint density at radius 3 is 2.24 bits per heavy atom. The monoisotopic (exact) mass is 364 g/mol. The third-order valence-electron chi connectivity index (χ3n) is 5.62. The number of piperidine rings is 1. The predicted molar refractivity (Wildman–Crippen MR) is 98.2 cm³/mol. The van der Waals surface area contributed by atoms with Crippen molar-refractivity contribution in [2.75, 3.05) is 19.6 Å². The molecule has 2 fully saturated rings. The number of carbonyl (C=O) groups excluding carboxylic acids is 1. The number of hydrogen-bond donors (Lipinski definition) is 1. The van der Waals surface area contributed by atoms with Gasteiger partial charge in [-0.05, 0) is 63.7 Å². The summed E-state index contributed by atoms with van der Waals surface area (Å²) in [7, 11) is -3.51. The zero-order valence-corrected chi connectivity index (χ0v) is 15.7. The van der Waals surface area contributed by atoms with Gasteiger partial charge in [0.1, 0.15) is 0 Å². The second-order valence-electron chi connectivity index (χ2n) is 7.35. The van der Waals surface area contributed by atoms with Crippen molar-refractivity contribution < 1.29 is 13.2 Å². The SMILES string of the molecule is CC(=O)c1ccc(S(=O)(=O)NCC2CCN(C3CCCC3)CC2)cc1. The summed E-state index contributed by atoms with van der Waals surface area (Å²) < 4.78 is 27.6. The number of Topliss-reactive ketones (excluding diaryl/α,β-unsaturated/α-hetero) is 1. The second kappa shape index (κ2) is 7.98. The zero-order valence-electron chi connectivity index (χ0n) is 14.9. The van der Waals surface area contributed by atoms with Crippen LogP contribution < -0.4 is 4.72 Å². The third-order valence-corrected chi connectivity index (χ3v) is 7.06. The van der Waals surface area contributed by atoms with Crippen molar-refractivity contribution in [1.82, 2.24) is 9.62 Å². The molecule has 3 rings (SSSR count). The van der Waals surface area contributed by atoms with Crippen LogP contribution in [-0.2, 0) is 10.0 Å². The summed E-state index contributed by atoms with van der Waals surface area (Å²) in [6.07, 6.45) is 7.48. The van der Waals surface area contributed by atoms with Gasteiger partial charge in [-0.25, -0.2) is 13.1 Å². The van der Waals surface area contributed by atoms with E-state index in [4.69, 9.17) is 0 Å². The molecule has 0 unspecified atom stereocenters. The molecule has 1 heterocycles. The average Bonchev–Trinajstić information content (AvgIpc) is 3.15. The van der Waals surface area contributed by atoms with Crippen LogP contribution >= 0.6 is 0 Å². The van der Waals surface area contributed by atoms with E-state index in [0.29, 0.717) is 18.0 Å². The van der Waals surface area contributed by atoms with Crippen LogP contribution in [0.25, 0.3) is 0 Å². The normalized spacial score (nSPS) is 20.8. The van der Waals surface area contributed by atoms with Crippen molar-refractivity contribution in [2.45, 2.75) is 56.4 Å². The molecule has 1 aromatic rings. The van der Waals surface area contributed by atoms with Gasteiger partial charge in [-0.2, -0.15) is 0 Å². The van der Waals surface area contributed by atoms with Gasteiger partial charge in [0.05, 0.1) is 4.90 Å². The maximum Gasteiger partial charge on any atom is 0.240 e. The molecule has 0 aromatic heterocycles. The van der Waals surface area contributed by atoms with Crippen LogP contribution in [-0.4, -0.2) is 44.8 Å². The first-order chi connectivity index (χ1) is 12.0. The summed E-state index contributed by atoms with van der Waals surface area (Å²) in [5, 5.41) is 0. The molecule has 1 aliphatic carbocycles. The van der Waals surface area contributed by atoms with E-state index in [2.05, 4.69) is 9.62 Å². The maximum atomic E-state index is 12.4. The van der Waals surface area contributed by atoms with E-state index in [1.165, 1.54) is 44.7 Å². The smallest absolute Gasteiger partial charge is 0.240 e. The Bertz CT molecular complexity index is 686. The topological polar surface area (TPSA) is 66.5 Å². The molecule has 1 aromatic carbocycles. The summed E-state index contributed by atoms with van der Waals surface area (Å²) in [4.78, 5) is 14.1. The highest BCUT2D eigenvalue weighted by atomic mass is 32.2. The molecule has 25 heavy (non-hydrogen) atoms. The summed E-state index contributed by atoms with van der Waals surface area (Å²) in [6, 6.07) is 6.90. The fraction of sp³-hybridized carbons (Fsp3) is 0.632. The van der Waals surface area contributed by atoms with Crippen molar-refractivity contribution in [2.24, 2.45) is 5.92 Å². The number of carbonyl (C=O) groups is 1. The molecule has 5 nitrogen and oxygen atoms in total. The number of ketones is 1. The lowest BCUT2D eigenvalue weighted by molar-refractivity contribution is 0.101. The van der Waals surface area contributed by atoms with E-state index in [1.807, 2.05) is 0 Å². The lowest BCUT2D eigenvalue weighted by Gasteiger charge is -2.36. The number of nitrogens with one attached hydrogen (secondary N) is 1. The van der Waals surface area contributed by atoms with Crippen LogP contribution in [0.15, 0.2) is 29.2 Å². The first-order valence-electron chi connectivity index (χ1n) is 9.30. The van der Waals surface area contributed by atoms with Crippen LogP contribution in [0.1, 0.15) is 55.8 Å². The molecule has 0 amide bonds. The van der Waals surface area contributed by atoms with Gasteiger partial charge in [-0.1, -0.05) is 25.0 Å². The van der Waals surface area contributed by atoms with Gasteiger partial charge in [-0.15, -0.1) is 0 Å². The van der Waals surface area contributed by atoms with Gasteiger partial charge >= 0.3 is 0 Å². The number of rotatable bonds is 6. The van der Waals surface area contributed by atoms with Gasteiger partial charge in [-0.3, -0.25) is 4.79 Å². The third kappa shape index (κ3) is 4.68. The van der Waals surface area contributed by atoms with Crippen molar-refractivity contribution in [3.05, 3.63) is 29.8 Å². The largest absolute Gasteiger partial charge is 0.300 e. The molecule has 138 valence electrons. The van der Waals surface area contributed by atoms with Crippen molar-refractivity contribution >= 4 is 15.8 Å². The van der Waals surface area contributed by atoms with Crippen LogP contribution in [0.2, 0.25) is 0 Å². The van der Waals surface area contributed by atoms with Gasteiger partial charge in [0.2, 0.25) is 10.0 Å². The highest BCUT2D eigenvalue weighted by molar-refractivity contribution is 7.89. The van der Waals surface area contributed by atoms with Crippen LogP contribution in [0.3, 0.4) is 0 Å². The van der Waals surface area contributed by atoms with Crippen molar-refractivity contribution in [1.29, 1.82) is 0 Å². The van der Waals surface area contributed by atoms with Gasteiger partial charge in [0.15, 0.2) is 5.78 Å². The Hall–Kier alpha value is -1.24. The minimum atomic E-state index is -3.51. The number of benzene rings is 1. The molecule has 0 atom stereocenters. The first-order valence-corrected chi connectivity index (χ1v) is 10.8. The number of hydrogen-bond acceptors (Lipinski definition) is 4. The maximum absolute atomic E-state index is 12.4. The van der Waals surface area contributed by atoms with Crippen LogP contribution in [0.4, 0.5) is 0 Å². The summed E-state index contributed by atoms with van der Waals surface area (Å²) in [5.41, 5.74) is 0.526. The van der Waals surface area contributed by atoms with Crippen LogP contribution in [0.5, 0.6) is 0 Å². The number of sulfonamides is 1. The fourth-order valence-electron chi connectivity index (χ4n) is 3.97. The minimum absolute atomic E-state index is 0.0640. The molecule has 0 spiro atoms. The summed E-state index contributed by atoms with van der Waals surface area (Å²) in [6.45, 7) is 4.14. The Morgan fingerprint density at radius 1 is 1.08 bits per heavy atom. The molecule has 1 saturated carbocycles. The summed E-state index contributed by atoms with van der Waals surface area (Å²) in [5.74, 6) is 0.342. The molecule has 0 bridgehead atoms. The molecule has 2 aliphatic rings. The molecular formula is C19H28N2O3S. The van der Waals surface area contributed by atoms with E-state index in [0.717, 1.165) is 32.0 Å². The van der Waals surface area contributed by atoms with E-state index in [1.54, 1.807) is 12.1 Å². The molecule has 0 radical (unpaired) electrons. The van der Waals surface area contributed by atoms with Crippen molar-refractivity contribution in [3.63, 3.8) is 0 Å². The Balaban J connectivity index is 1.50. The molecule has 1 saturated heterocycles. The van der Waals surface area contributed by atoms with Crippen molar-refractivity contribution in [3.8, 4) is 0 Å². The van der Waals surface area contributed by atoms with Gasteiger partial charge in [0.25, 0.3) is 0 Å². The highest BCUT2D eigenvalue weighted by Crippen LogP contribution is 2.27. The van der Waals surface area contributed by atoms with E-state index >= 15 is 0 Å². The highest BCUT2D eigenvalue weighted by Gasteiger charge is 2.27. The molecule has 1 aliphatic heterocycles. The average molecular weight is 365 g/mol. The lowest BCUT2D eigenvalue weighted by atomic mass is 9.96. The van der Waals surface area contributed by atoms with Gasteiger partial charge < -0.3 is 4.90 Å². The van der Waals surface area contributed by atoms with E-state index in [9.17, 15) is 13.2 Å². The standard InChI is InChI=1S/C19H28N2O3S/c1-15(22)17-6-8-19(9-7-17)25(23,24)20-14-16-10-12-21(13-11-16)18-4-2-3-5-18/h6-9,16,18,20H,2-5,10-14H2,1H3. The fourth-order valence-corrected chi connectivity index (χ4v) is 5.09. The molecular weight excluding hydrogens is 336 g/mol. The quantitative estimate of drug-likeness (QED) is 0.788. The van der Waals surface area contributed by atoms with E-state index < -0.39 is 10.0 Å². The molecule has 6 heteroatoms. The minimum Gasteiger partial charge on any atom is -0.300 e. The Kier molecular flexibility index (Phi) is 5.92. The van der Waals surface area contributed by atoms with Gasteiger partial charge in [0, 0.05) is 18.2 Å². The zero-order chi connectivity index (χ0) is 17.9. The first kappa shape index (κ1) is 18.5. The number of likely N-dealkylation sites (tertiary alicyclic amines) is 1. The van der Waals surface area contributed by atoms with Crippen LogP contribution in [0, 0.1) is 5.92 Å². The number of nitrogens with zero attached hydrogens (tertiary/aromatic N) is 1. The predicted octanol–water partition coefficient (Wildman–Crippen LogP) is 2.82. The Labute approximate surface area is 150 Å².